The van der Waals surface area contributed by atoms with E-state index in [2.05, 4.69) is 0 Å². The molecule has 0 radical (unpaired) electrons. The summed E-state index contributed by atoms with van der Waals surface area (Å²) >= 11 is 0. The molecule has 210 valence electrons. The van der Waals surface area contributed by atoms with E-state index in [1.54, 1.807) is 24.0 Å². The van der Waals surface area contributed by atoms with Gasteiger partial charge in [0.25, 0.3) is 0 Å². The number of aliphatic hydroxyl groups excluding tert-OH is 1. The Morgan fingerprint density at radius 3 is 2.51 bits per heavy atom. The molecule has 0 saturated carbocycles. The molecule has 2 N–H and O–H groups in total. The number of hydrogen-bond acceptors (Lipinski definition) is 8. The first-order chi connectivity index (χ1) is 17.3. The molecular weight excluding hydrogens is 478 g/mol. The number of rotatable bonds is 8. The summed E-state index contributed by atoms with van der Waals surface area (Å²) < 4.78 is 16.4. The SMILES string of the molecule is CCN(CC)C(=O)OC[C@H](C)/C=C/C=C(\C)[C@H]1OC(=O)C[C@H](O)CC[C@@](C)(O)[C@@H](OC(C)=O)/C=C/[C@@H]1C. The van der Waals surface area contributed by atoms with Gasteiger partial charge in [0.05, 0.1) is 19.1 Å². The molecule has 0 aromatic carbocycles. The third-order valence-electron chi connectivity index (χ3n) is 6.36. The first-order valence-electron chi connectivity index (χ1n) is 13.0. The molecule has 6 atom stereocenters. The fraction of sp³-hybridized carbons (Fsp3) is 0.679. The van der Waals surface area contributed by atoms with Gasteiger partial charge in [-0.3, -0.25) is 9.59 Å². The van der Waals surface area contributed by atoms with Crippen LogP contribution in [0.25, 0.3) is 0 Å². The van der Waals surface area contributed by atoms with E-state index in [1.165, 1.54) is 6.92 Å². The summed E-state index contributed by atoms with van der Waals surface area (Å²) in [6, 6.07) is 0. The standard InChI is InChI=1S/C28H45NO8/c1-8-29(9-2)27(33)35-18-19(3)11-10-12-20(4)26-21(5)13-14-24(36-22(6)30)28(7,34)16-15-23(31)17-25(32)37-26/h10-14,19,21,23-24,26,31,34H,8-9,15-18H2,1-7H3/b11-10+,14-13+,20-12+/t19-,21+,23-,24+,26-,28-/m1/s1. The van der Waals surface area contributed by atoms with E-state index in [0.29, 0.717) is 13.1 Å². The molecular formula is C28H45NO8. The lowest BCUT2D eigenvalue weighted by molar-refractivity contribution is -0.157. The van der Waals surface area contributed by atoms with Crippen LogP contribution < -0.4 is 0 Å². The van der Waals surface area contributed by atoms with Crippen LogP contribution in [-0.4, -0.2) is 76.8 Å². The average molecular weight is 524 g/mol. The molecule has 1 aliphatic rings. The number of allylic oxidation sites excluding steroid dienone is 2. The number of nitrogens with zero attached hydrogens (tertiary/aromatic N) is 1. The maximum Gasteiger partial charge on any atom is 0.409 e. The number of carbonyl (C=O) groups excluding carboxylic acids is 3. The molecule has 0 fully saturated rings. The Kier molecular flexibility index (Phi) is 13.6. The number of esters is 2. The number of aliphatic hydroxyl groups is 2. The molecule has 0 saturated heterocycles. The van der Waals surface area contributed by atoms with Gasteiger partial charge < -0.3 is 29.3 Å². The minimum atomic E-state index is -1.42. The molecule has 0 aliphatic carbocycles. The number of ether oxygens (including phenoxy) is 3. The van der Waals surface area contributed by atoms with Crippen molar-refractivity contribution in [2.45, 2.75) is 91.6 Å². The second kappa shape index (κ2) is 15.6. The van der Waals surface area contributed by atoms with Gasteiger partial charge in [0.15, 0.2) is 0 Å². The first-order valence-corrected chi connectivity index (χ1v) is 13.0. The Hall–Kier alpha value is -2.65. The zero-order valence-electron chi connectivity index (χ0n) is 23.3. The monoisotopic (exact) mass is 523 g/mol. The highest BCUT2D eigenvalue weighted by Gasteiger charge is 2.35. The van der Waals surface area contributed by atoms with Crippen LogP contribution in [0.4, 0.5) is 4.79 Å². The second-order valence-corrected chi connectivity index (χ2v) is 9.96. The lowest BCUT2D eigenvalue weighted by atomic mass is 9.88. The molecule has 0 aromatic heterocycles. The lowest BCUT2D eigenvalue weighted by Gasteiger charge is -2.32. The van der Waals surface area contributed by atoms with Gasteiger partial charge in [0.1, 0.15) is 17.8 Å². The Morgan fingerprint density at radius 2 is 1.92 bits per heavy atom. The van der Waals surface area contributed by atoms with Gasteiger partial charge in [-0.05, 0) is 52.2 Å². The number of amides is 1. The van der Waals surface area contributed by atoms with Crippen molar-refractivity contribution in [1.82, 2.24) is 4.90 Å². The third-order valence-corrected chi connectivity index (χ3v) is 6.36. The van der Waals surface area contributed by atoms with Gasteiger partial charge in [-0.1, -0.05) is 38.2 Å². The van der Waals surface area contributed by atoms with Crippen molar-refractivity contribution in [1.29, 1.82) is 0 Å². The minimum absolute atomic E-state index is 0.0263. The quantitative estimate of drug-likeness (QED) is 0.212. The Labute approximate surface area is 221 Å². The van der Waals surface area contributed by atoms with Gasteiger partial charge in [0.2, 0.25) is 0 Å². The lowest BCUT2D eigenvalue weighted by Crippen LogP contribution is -2.42. The van der Waals surface area contributed by atoms with Crippen LogP contribution in [0.5, 0.6) is 0 Å². The summed E-state index contributed by atoms with van der Waals surface area (Å²) in [5, 5.41) is 21.2. The first kappa shape index (κ1) is 32.4. The van der Waals surface area contributed by atoms with Crippen LogP contribution >= 0.6 is 0 Å². The molecule has 9 nitrogen and oxygen atoms in total. The van der Waals surface area contributed by atoms with Crippen molar-refractivity contribution in [2.24, 2.45) is 11.8 Å². The molecule has 0 bridgehead atoms. The summed E-state index contributed by atoms with van der Waals surface area (Å²) in [5.41, 5.74) is -0.656. The van der Waals surface area contributed by atoms with E-state index < -0.39 is 35.9 Å². The van der Waals surface area contributed by atoms with E-state index >= 15 is 0 Å². The van der Waals surface area contributed by atoms with Crippen molar-refractivity contribution in [3.05, 3.63) is 36.0 Å². The molecule has 37 heavy (non-hydrogen) atoms. The second-order valence-electron chi connectivity index (χ2n) is 9.96. The Bertz CT molecular complexity index is 843. The van der Waals surface area contributed by atoms with E-state index in [-0.39, 0.29) is 43.8 Å². The normalized spacial score (nSPS) is 29.4. The molecule has 1 heterocycles. The highest BCUT2D eigenvalue weighted by atomic mass is 16.6. The molecule has 0 unspecified atom stereocenters. The van der Waals surface area contributed by atoms with E-state index in [0.717, 1.165) is 5.57 Å². The van der Waals surface area contributed by atoms with Crippen molar-refractivity contribution in [3.63, 3.8) is 0 Å². The molecule has 0 aromatic rings. The van der Waals surface area contributed by atoms with Crippen LogP contribution in [-0.2, 0) is 23.8 Å². The number of cyclic esters (lactones) is 1. The third kappa shape index (κ3) is 11.5. The van der Waals surface area contributed by atoms with Crippen LogP contribution in [0, 0.1) is 11.8 Å². The summed E-state index contributed by atoms with van der Waals surface area (Å²) in [7, 11) is 0. The fourth-order valence-electron chi connectivity index (χ4n) is 3.95. The summed E-state index contributed by atoms with van der Waals surface area (Å²) in [4.78, 5) is 37.8. The Morgan fingerprint density at radius 1 is 1.27 bits per heavy atom. The predicted octanol–water partition coefficient (Wildman–Crippen LogP) is 3.94. The van der Waals surface area contributed by atoms with Crippen molar-refractivity contribution >= 4 is 18.0 Å². The van der Waals surface area contributed by atoms with Crippen LogP contribution in [0.15, 0.2) is 36.0 Å². The molecule has 0 spiro atoms. The average Bonchev–Trinajstić information content (AvgIpc) is 2.82. The molecule has 1 aliphatic heterocycles. The van der Waals surface area contributed by atoms with Crippen LogP contribution in [0.1, 0.15) is 67.7 Å². The number of carbonyl (C=O) groups is 3. The summed E-state index contributed by atoms with van der Waals surface area (Å²) in [6.45, 7) is 13.6. The van der Waals surface area contributed by atoms with Crippen LogP contribution in [0.2, 0.25) is 0 Å². The van der Waals surface area contributed by atoms with Gasteiger partial charge in [-0.2, -0.15) is 0 Å². The predicted molar refractivity (Wildman–Crippen MR) is 141 cm³/mol. The molecule has 1 amide bonds. The highest BCUT2D eigenvalue weighted by Crippen LogP contribution is 2.27. The molecule has 1 rings (SSSR count). The van der Waals surface area contributed by atoms with Crippen LogP contribution in [0.3, 0.4) is 0 Å². The fourth-order valence-corrected chi connectivity index (χ4v) is 3.95. The van der Waals surface area contributed by atoms with Gasteiger partial charge in [-0.15, -0.1) is 0 Å². The van der Waals surface area contributed by atoms with Gasteiger partial charge in [-0.25, -0.2) is 4.79 Å². The maximum atomic E-state index is 12.5. The smallest absolute Gasteiger partial charge is 0.409 e. The minimum Gasteiger partial charge on any atom is -0.457 e. The van der Waals surface area contributed by atoms with Crippen molar-refractivity contribution < 1.29 is 38.8 Å². The van der Waals surface area contributed by atoms with Crippen molar-refractivity contribution in [2.75, 3.05) is 19.7 Å². The molecule has 9 heteroatoms. The van der Waals surface area contributed by atoms with Gasteiger partial charge >= 0.3 is 18.0 Å². The van der Waals surface area contributed by atoms with Crippen molar-refractivity contribution in [3.8, 4) is 0 Å². The van der Waals surface area contributed by atoms with E-state index in [9.17, 15) is 24.6 Å². The maximum absolute atomic E-state index is 12.5. The van der Waals surface area contributed by atoms with E-state index in [4.69, 9.17) is 14.2 Å². The Balaban J connectivity index is 3.05. The largest absolute Gasteiger partial charge is 0.457 e. The zero-order chi connectivity index (χ0) is 28.2. The topological polar surface area (TPSA) is 123 Å². The van der Waals surface area contributed by atoms with E-state index in [1.807, 2.05) is 52.8 Å². The summed E-state index contributed by atoms with van der Waals surface area (Å²) in [5.74, 6) is -1.41. The number of hydrogen-bond donors (Lipinski definition) is 2. The zero-order valence-corrected chi connectivity index (χ0v) is 23.3. The van der Waals surface area contributed by atoms with Gasteiger partial charge in [0, 0.05) is 31.8 Å². The highest BCUT2D eigenvalue weighted by molar-refractivity contribution is 5.70. The summed E-state index contributed by atoms with van der Waals surface area (Å²) in [6.07, 6.45) is 6.08.